The van der Waals surface area contributed by atoms with Gasteiger partial charge in [0.2, 0.25) is 0 Å². The molecule has 0 aliphatic rings. The number of halogens is 2. The van der Waals surface area contributed by atoms with E-state index in [-0.39, 0.29) is 11.7 Å². The largest absolute Gasteiger partial charge is 0.322 e. The van der Waals surface area contributed by atoms with Crippen LogP contribution in [0.25, 0.3) is 11.0 Å². The van der Waals surface area contributed by atoms with Crippen LogP contribution in [0, 0.1) is 0 Å². The van der Waals surface area contributed by atoms with Crippen LogP contribution in [0.2, 0.25) is 10.0 Å². The van der Waals surface area contributed by atoms with Gasteiger partial charge < -0.3 is 4.57 Å². The number of imidazole rings is 1. The highest BCUT2D eigenvalue weighted by Crippen LogP contribution is 2.23. The molecule has 0 fully saturated rings. The summed E-state index contributed by atoms with van der Waals surface area (Å²) in [6.07, 6.45) is 1.43. The lowest BCUT2D eigenvalue weighted by molar-refractivity contribution is -0.118. The van der Waals surface area contributed by atoms with Crippen LogP contribution in [0.15, 0.2) is 52.7 Å². The van der Waals surface area contributed by atoms with Gasteiger partial charge in [0.25, 0.3) is 5.91 Å². The van der Waals surface area contributed by atoms with E-state index in [0.29, 0.717) is 15.6 Å². The molecule has 5 nitrogen and oxygen atoms in total. The van der Waals surface area contributed by atoms with Gasteiger partial charge in [0.15, 0.2) is 5.16 Å². The standard InChI is InChI=1S/C17H14Cl2N4OS/c1-23-15-8-3-2-7-14(15)21-17(23)25-10-16(24)22-20-9-11-12(18)5-4-6-13(11)19/h2-9H,10H2,1H3,(H,22,24)/b20-9-. The molecule has 1 aromatic heterocycles. The number of hydrogen-bond acceptors (Lipinski definition) is 4. The second-order valence-electron chi connectivity index (χ2n) is 5.16. The zero-order valence-corrected chi connectivity index (χ0v) is 15.6. The van der Waals surface area contributed by atoms with Crippen molar-refractivity contribution in [3.8, 4) is 0 Å². The maximum absolute atomic E-state index is 12.0. The Balaban J connectivity index is 1.59. The Bertz CT molecular complexity index is 935. The normalized spacial score (nSPS) is 11.3. The van der Waals surface area contributed by atoms with E-state index in [2.05, 4.69) is 15.5 Å². The molecule has 0 aliphatic heterocycles. The molecule has 0 aliphatic carbocycles. The summed E-state index contributed by atoms with van der Waals surface area (Å²) in [7, 11) is 1.92. The van der Waals surface area contributed by atoms with Crippen LogP contribution < -0.4 is 5.43 Å². The number of fused-ring (bicyclic) bond motifs is 1. The smallest absolute Gasteiger partial charge is 0.250 e. The first-order valence-electron chi connectivity index (χ1n) is 7.36. The van der Waals surface area contributed by atoms with Crippen molar-refractivity contribution in [2.24, 2.45) is 12.1 Å². The van der Waals surface area contributed by atoms with Gasteiger partial charge in [0, 0.05) is 12.6 Å². The summed E-state index contributed by atoms with van der Waals surface area (Å²) >= 11 is 13.4. The fourth-order valence-electron chi connectivity index (χ4n) is 2.22. The molecule has 0 unspecified atom stereocenters. The number of hydrazone groups is 1. The quantitative estimate of drug-likeness (QED) is 0.403. The number of aromatic nitrogens is 2. The highest BCUT2D eigenvalue weighted by molar-refractivity contribution is 7.99. The predicted octanol–water partition coefficient (Wildman–Crippen LogP) is 4.12. The minimum absolute atomic E-state index is 0.199. The topological polar surface area (TPSA) is 59.3 Å². The Morgan fingerprint density at radius 1 is 1.24 bits per heavy atom. The average molecular weight is 393 g/mol. The molecule has 1 amide bonds. The van der Waals surface area contributed by atoms with Gasteiger partial charge >= 0.3 is 0 Å². The summed E-state index contributed by atoms with van der Waals surface area (Å²) in [4.78, 5) is 16.5. The minimum atomic E-state index is -0.239. The van der Waals surface area contributed by atoms with Crippen molar-refractivity contribution in [3.05, 3.63) is 58.1 Å². The Hall–Kier alpha value is -2.02. The lowest BCUT2D eigenvalue weighted by Crippen LogP contribution is -2.20. The van der Waals surface area contributed by atoms with Crippen LogP contribution >= 0.6 is 35.0 Å². The zero-order chi connectivity index (χ0) is 17.8. The van der Waals surface area contributed by atoms with Crippen molar-refractivity contribution in [1.82, 2.24) is 15.0 Å². The molecule has 0 radical (unpaired) electrons. The lowest BCUT2D eigenvalue weighted by Gasteiger charge is -2.02. The number of benzene rings is 2. The molecule has 0 saturated carbocycles. The summed E-state index contributed by atoms with van der Waals surface area (Å²) in [5.74, 6) is -0.0402. The van der Waals surface area contributed by atoms with Crippen molar-refractivity contribution in [3.63, 3.8) is 0 Å². The number of thioether (sulfide) groups is 1. The highest BCUT2D eigenvalue weighted by atomic mass is 35.5. The van der Waals surface area contributed by atoms with E-state index in [4.69, 9.17) is 23.2 Å². The fraction of sp³-hybridized carbons (Fsp3) is 0.118. The molecule has 0 spiro atoms. The van der Waals surface area contributed by atoms with Crippen LogP contribution in [0.1, 0.15) is 5.56 Å². The number of hydrogen-bond donors (Lipinski definition) is 1. The molecule has 2 aromatic carbocycles. The van der Waals surface area contributed by atoms with Gasteiger partial charge in [-0.05, 0) is 24.3 Å². The maximum Gasteiger partial charge on any atom is 0.250 e. The maximum atomic E-state index is 12.0. The molecule has 8 heteroatoms. The van der Waals surface area contributed by atoms with E-state index >= 15 is 0 Å². The first kappa shape index (κ1) is 17.8. The van der Waals surface area contributed by atoms with E-state index in [1.54, 1.807) is 18.2 Å². The van der Waals surface area contributed by atoms with Crippen LogP contribution in [0.5, 0.6) is 0 Å². The summed E-state index contributed by atoms with van der Waals surface area (Å²) < 4.78 is 1.96. The molecule has 3 aromatic rings. The molecule has 3 rings (SSSR count). The van der Waals surface area contributed by atoms with Gasteiger partial charge in [-0.15, -0.1) is 0 Å². The number of carbonyl (C=O) groups is 1. The molecule has 128 valence electrons. The molecule has 0 atom stereocenters. The lowest BCUT2D eigenvalue weighted by atomic mass is 10.2. The first-order chi connectivity index (χ1) is 12.1. The minimum Gasteiger partial charge on any atom is -0.322 e. The number of rotatable bonds is 5. The van der Waals surface area contributed by atoms with Gasteiger partial charge in [-0.3, -0.25) is 4.79 Å². The van der Waals surface area contributed by atoms with Crippen LogP contribution in [-0.2, 0) is 11.8 Å². The van der Waals surface area contributed by atoms with Crippen LogP contribution in [-0.4, -0.2) is 27.4 Å². The summed E-state index contributed by atoms with van der Waals surface area (Å²) in [6.45, 7) is 0. The van der Waals surface area contributed by atoms with Crippen LogP contribution in [0.3, 0.4) is 0 Å². The third-order valence-corrected chi connectivity index (χ3v) is 5.15. The van der Waals surface area contributed by atoms with E-state index in [1.807, 2.05) is 35.9 Å². The van der Waals surface area contributed by atoms with Crippen molar-refractivity contribution >= 4 is 58.1 Å². The van der Waals surface area contributed by atoms with Gasteiger partial charge in [0.1, 0.15) is 0 Å². The van der Waals surface area contributed by atoms with E-state index in [0.717, 1.165) is 16.2 Å². The Morgan fingerprint density at radius 3 is 2.68 bits per heavy atom. The third kappa shape index (κ3) is 4.15. The monoisotopic (exact) mass is 392 g/mol. The molecule has 0 saturated heterocycles. The van der Waals surface area contributed by atoms with Gasteiger partial charge in [-0.25, -0.2) is 10.4 Å². The fourth-order valence-corrected chi connectivity index (χ4v) is 3.49. The number of amides is 1. The molecule has 1 N–H and O–H groups in total. The second-order valence-corrected chi connectivity index (χ2v) is 6.92. The van der Waals surface area contributed by atoms with Crippen molar-refractivity contribution < 1.29 is 4.79 Å². The number of nitrogens with one attached hydrogen (secondary N) is 1. The average Bonchev–Trinajstić information content (AvgIpc) is 2.92. The van der Waals surface area contributed by atoms with Gasteiger partial charge in [-0.1, -0.05) is 53.2 Å². The Morgan fingerprint density at radius 2 is 1.96 bits per heavy atom. The van der Waals surface area contributed by atoms with Crippen molar-refractivity contribution in [2.45, 2.75) is 5.16 Å². The molecule has 25 heavy (non-hydrogen) atoms. The summed E-state index contributed by atoms with van der Waals surface area (Å²) in [6, 6.07) is 13.0. The number of aryl methyl sites for hydroxylation is 1. The predicted molar refractivity (Wildman–Crippen MR) is 104 cm³/mol. The SMILES string of the molecule is Cn1c(SCC(=O)N/N=C\c2c(Cl)cccc2Cl)nc2ccccc21. The number of carbonyl (C=O) groups excluding carboxylic acids is 1. The molecular formula is C17H14Cl2N4OS. The summed E-state index contributed by atoms with van der Waals surface area (Å²) in [5.41, 5.74) is 4.96. The van der Waals surface area contributed by atoms with Gasteiger partial charge in [-0.2, -0.15) is 5.10 Å². The highest BCUT2D eigenvalue weighted by Gasteiger charge is 2.10. The first-order valence-corrected chi connectivity index (χ1v) is 9.10. The molecular weight excluding hydrogens is 379 g/mol. The van der Waals surface area contributed by atoms with E-state index < -0.39 is 0 Å². The van der Waals surface area contributed by atoms with Gasteiger partial charge in [0.05, 0.1) is 33.0 Å². The van der Waals surface area contributed by atoms with Crippen molar-refractivity contribution in [2.75, 3.05) is 5.75 Å². The summed E-state index contributed by atoms with van der Waals surface area (Å²) in [5, 5.41) is 5.62. The number of nitrogens with zero attached hydrogens (tertiary/aromatic N) is 3. The zero-order valence-electron chi connectivity index (χ0n) is 13.2. The van der Waals surface area contributed by atoms with E-state index in [1.165, 1.54) is 18.0 Å². The molecule has 1 heterocycles. The number of para-hydroxylation sites is 2. The molecule has 0 bridgehead atoms. The second kappa shape index (κ2) is 7.91. The third-order valence-electron chi connectivity index (χ3n) is 3.46. The van der Waals surface area contributed by atoms with Crippen molar-refractivity contribution in [1.29, 1.82) is 0 Å². The van der Waals surface area contributed by atoms with E-state index in [9.17, 15) is 4.79 Å². The Labute approximate surface area is 159 Å². The van der Waals surface area contributed by atoms with Crippen LogP contribution in [0.4, 0.5) is 0 Å². The Kier molecular flexibility index (Phi) is 5.63.